The molecular weight excluding hydrogens is 384 g/mol. The maximum Gasteiger partial charge on any atom is 0.239 e. The number of aromatic nitrogens is 2. The van der Waals surface area contributed by atoms with Crippen molar-refractivity contribution in [3.63, 3.8) is 0 Å². The lowest BCUT2D eigenvalue weighted by atomic mass is 10.2. The number of hydrogen-bond donors (Lipinski definition) is 3. The fraction of sp³-hybridized carbons (Fsp3) is 0. The highest BCUT2D eigenvalue weighted by Gasteiger charge is 2.09. The average Bonchev–Trinajstić information content (AvgIpc) is 2.49. The Morgan fingerprint density at radius 2 is 1.90 bits per heavy atom. The molecule has 0 aliphatic rings. The zero-order chi connectivity index (χ0) is 14.8. The number of anilines is 3. The molecule has 0 bridgehead atoms. The van der Waals surface area contributed by atoms with E-state index in [1.54, 1.807) is 6.07 Å². The van der Waals surface area contributed by atoms with Crippen molar-refractivity contribution in [1.29, 1.82) is 0 Å². The lowest BCUT2D eigenvalue weighted by Crippen LogP contribution is -2.11. The number of nitrogens with zero attached hydrogens (tertiary/aromatic N) is 2. The Balaban J connectivity index is 2.10. The zero-order valence-electron chi connectivity index (χ0n) is 10.8. The van der Waals surface area contributed by atoms with Crippen LogP contribution in [0.1, 0.15) is 0 Å². The fourth-order valence-electron chi connectivity index (χ4n) is 1.95. The predicted molar refractivity (Wildman–Crippen MR) is 89.7 cm³/mol. The summed E-state index contributed by atoms with van der Waals surface area (Å²) in [7, 11) is 0. The van der Waals surface area contributed by atoms with E-state index in [2.05, 4.69) is 43.3 Å². The number of fused-ring (bicyclic) bond motifs is 1. The van der Waals surface area contributed by atoms with Crippen LogP contribution in [0.4, 0.5) is 21.8 Å². The van der Waals surface area contributed by atoms with Gasteiger partial charge in [-0.25, -0.2) is 15.2 Å². The van der Waals surface area contributed by atoms with Gasteiger partial charge < -0.3 is 5.32 Å². The van der Waals surface area contributed by atoms with Gasteiger partial charge in [0, 0.05) is 8.96 Å². The number of benzene rings is 2. The van der Waals surface area contributed by atoms with Crippen molar-refractivity contribution in [3.05, 3.63) is 51.9 Å². The number of hydrogen-bond acceptors (Lipinski definition) is 5. The molecule has 0 fully saturated rings. The molecule has 0 unspecified atom stereocenters. The van der Waals surface area contributed by atoms with Gasteiger partial charge in [-0.15, -0.1) is 0 Å². The largest absolute Gasteiger partial charge is 0.339 e. The third-order valence-corrected chi connectivity index (χ3v) is 3.81. The highest BCUT2D eigenvalue weighted by molar-refractivity contribution is 14.1. The first-order valence-corrected chi connectivity index (χ1v) is 7.21. The Bertz CT molecular complexity index is 808. The van der Waals surface area contributed by atoms with Crippen molar-refractivity contribution in [2.75, 3.05) is 10.7 Å². The Hall–Kier alpha value is -2.00. The molecule has 3 rings (SSSR count). The van der Waals surface area contributed by atoms with Gasteiger partial charge in [0.1, 0.15) is 11.6 Å². The van der Waals surface area contributed by atoms with Crippen molar-refractivity contribution >= 4 is 50.9 Å². The van der Waals surface area contributed by atoms with Crippen molar-refractivity contribution in [2.24, 2.45) is 5.84 Å². The number of nitrogen functional groups attached to an aromatic ring is 1. The summed E-state index contributed by atoms with van der Waals surface area (Å²) in [6, 6.07) is 12.1. The standard InChI is InChI=1S/C14H11FIN5/c15-8-5-6-12(10(16)7-8)18-13-9-3-1-2-4-11(9)19-14(20-13)21-17/h1-7H,17H2,(H2,18,19,20,21). The Morgan fingerprint density at radius 3 is 2.67 bits per heavy atom. The SMILES string of the molecule is NNc1nc(Nc2ccc(F)cc2I)c2ccccc2n1. The van der Waals surface area contributed by atoms with Gasteiger partial charge in [-0.3, -0.25) is 5.43 Å². The Kier molecular flexibility index (Phi) is 3.84. The van der Waals surface area contributed by atoms with Crippen LogP contribution in [0.2, 0.25) is 0 Å². The second kappa shape index (κ2) is 5.78. The van der Waals surface area contributed by atoms with E-state index >= 15 is 0 Å². The first kappa shape index (κ1) is 14.0. The van der Waals surface area contributed by atoms with Crippen LogP contribution < -0.4 is 16.6 Å². The van der Waals surface area contributed by atoms with Crippen molar-refractivity contribution in [1.82, 2.24) is 9.97 Å². The number of nitrogens with one attached hydrogen (secondary N) is 2. The third kappa shape index (κ3) is 2.88. The quantitative estimate of drug-likeness (QED) is 0.360. The smallest absolute Gasteiger partial charge is 0.239 e. The molecule has 0 atom stereocenters. The van der Waals surface area contributed by atoms with Crippen molar-refractivity contribution in [2.45, 2.75) is 0 Å². The van der Waals surface area contributed by atoms with Crippen LogP contribution in [0.15, 0.2) is 42.5 Å². The van der Waals surface area contributed by atoms with Gasteiger partial charge in [0.15, 0.2) is 0 Å². The molecular formula is C14H11FIN5. The molecule has 0 radical (unpaired) electrons. The van der Waals surface area contributed by atoms with E-state index in [4.69, 9.17) is 5.84 Å². The molecule has 1 aromatic heterocycles. The fourth-order valence-corrected chi connectivity index (χ4v) is 2.57. The van der Waals surface area contributed by atoms with Crippen LogP contribution in [-0.2, 0) is 0 Å². The highest BCUT2D eigenvalue weighted by atomic mass is 127. The molecule has 21 heavy (non-hydrogen) atoms. The molecule has 0 spiro atoms. The summed E-state index contributed by atoms with van der Waals surface area (Å²) in [4.78, 5) is 8.61. The molecule has 3 aromatic rings. The molecule has 106 valence electrons. The first-order chi connectivity index (χ1) is 10.2. The topological polar surface area (TPSA) is 75.9 Å². The first-order valence-electron chi connectivity index (χ1n) is 6.13. The monoisotopic (exact) mass is 395 g/mol. The van der Waals surface area contributed by atoms with E-state index in [0.29, 0.717) is 11.8 Å². The van der Waals surface area contributed by atoms with Crippen LogP contribution in [0, 0.1) is 9.39 Å². The van der Waals surface area contributed by atoms with Gasteiger partial charge in [0.2, 0.25) is 5.95 Å². The van der Waals surface area contributed by atoms with Crippen LogP contribution >= 0.6 is 22.6 Å². The summed E-state index contributed by atoms with van der Waals surface area (Å²) < 4.78 is 13.9. The minimum absolute atomic E-state index is 0.276. The van der Waals surface area contributed by atoms with E-state index in [0.717, 1.165) is 20.2 Å². The minimum Gasteiger partial charge on any atom is -0.339 e. The number of halogens is 2. The second-order valence-electron chi connectivity index (χ2n) is 4.31. The van der Waals surface area contributed by atoms with Gasteiger partial charge >= 0.3 is 0 Å². The van der Waals surface area contributed by atoms with Crippen LogP contribution in [0.25, 0.3) is 10.9 Å². The van der Waals surface area contributed by atoms with Crippen LogP contribution in [0.3, 0.4) is 0 Å². The molecule has 5 nitrogen and oxygen atoms in total. The zero-order valence-corrected chi connectivity index (χ0v) is 12.9. The van der Waals surface area contributed by atoms with E-state index in [1.165, 1.54) is 12.1 Å². The summed E-state index contributed by atoms with van der Waals surface area (Å²) >= 11 is 2.07. The summed E-state index contributed by atoms with van der Waals surface area (Å²) in [5.41, 5.74) is 3.98. The minimum atomic E-state index is -0.276. The molecule has 0 aliphatic carbocycles. The second-order valence-corrected chi connectivity index (χ2v) is 5.47. The van der Waals surface area contributed by atoms with Crippen LogP contribution in [0.5, 0.6) is 0 Å². The number of hydrazine groups is 1. The lowest BCUT2D eigenvalue weighted by Gasteiger charge is -2.11. The summed E-state index contributed by atoms with van der Waals surface area (Å²) in [5, 5.41) is 4.05. The van der Waals surface area contributed by atoms with Gasteiger partial charge in [-0.2, -0.15) is 4.98 Å². The van der Waals surface area contributed by atoms with E-state index in [9.17, 15) is 4.39 Å². The summed E-state index contributed by atoms with van der Waals surface area (Å²) in [6.45, 7) is 0. The molecule has 1 heterocycles. The lowest BCUT2D eigenvalue weighted by molar-refractivity contribution is 0.627. The van der Waals surface area contributed by atoms with Gasteiger partial charge in [-0.1, -0.05) is 12.1 Å². The average molecular weight is 395 g/mol. The van der Waals surface area contributed by atoms with E-state index in [1.807, 2.05) is 24.3 Å². The number of rotatable bonds is 3. The molecule has 0 aliphatic heterocycles. The van der Waals surface area contributed by atoms with Gasteiger partial charge in [-0.05, 0) is 52.9 Å². The Labute approximate surface area is 133 Å². The summed E-state index contributed by atoms with van der Waals surface area (Å²) in [5.74, 6) is 6.05. The molecule has 0 saturated heterocycles. The normalized spacial score (nSPS) is 10.6. The van der Waals surface area contributed by atoms with Gasteiger partial charge in [0.05, 0.1) is 11.2 Å². The van der Waals surface area contributed by atoms with Crippen molar-refractivity contribution < 1.29 is 4.39 Å². The van der Waals surface area contributed by atoms with Crippen LogP contribution in [-0.4, -0.2) is 9.97 Å². The molecule has 4 N–H and O–H groups in total. The Morgan fingerprint density at radius 1 is 1.10 bits per heavy atom. The highest BCUT2D eigenvalue weighted by Crippen LogP contribution is 2.27. The predicted octanol–water partition coefficient (Wildman–Crippen LogP) is 3.40. The maximum absolute atomic E-state index is 13.2. The molecule has 0 amide bonds. The molecule has 7 heteroatoms. The van der Waals surface area contributed by atoms with Gasteiger partial charge in [0.25, 0.3) is 0 Å². The maximum atomic E-state index is 13.2. The van der Waals surface area contributed by atoms with E-state index < -0.39 is 0 Å². The third-order valence-electron chi connectivity index (χ3n) is 2.92. The van der Waals surface area contributed by atoms with Crippen molar-refractivity contribution in [3.8, 4) is 0 Å². The molecule has 0 saturated carbocycles. The van der Waals surface area contributed by atoms with E-state index in [-0.39, 0.29) is 5.82 Å². The number of para-hydroxylation sites is 1. The molecule has 2 aromatic carbocycles. The number of nitrogens with two attached hydrogens (primary N) is 1. The summed E-state index contributed by atoms with van der Waals surface area (Å²) in [6.07, 6.45) is 0.